The summed E-state index contributed by atoms with van der Waals surface area (Å²) in [7, 11) is -2.28. The number of ether oxygens (including phenoxy) is 2. The molecule has 0 radical (unpaired) electrons. The van der Waals surface area contributed by atoms with Crippen LogP contribution in [0.3, 0.4) is 0 Å². The third kappa shape index (κ3) is 4.13. The second-order valence-corrected chi connectivity index (χ2v) is 14.1. The third-order valence-electron chi connectivity index (χ3n) is 2.92. The van der Waals surface area contributed by atoms with Gasteiger partial charge in [0.25, 0.3) is 0 Å². The van der Waals surface area contributed by atoms with E-state index in [1.165, 1.54) is 20.3 Å². The van der Waals surface area contributed by atoms with Crippen LogP contribution in [0, 0.1) is 3.57 Å². The van der Waals surface area contributed by atoms with Crippen molar-refractivity contribution in [1.29, 1.82) is 0 Å². The molecule has 0 saturated carbocycles. The standard InChI is InChI=1S/C12H19IN2O6SSi/c1-14(2)22(18,19)15-7-8(13)10(23(4,5)6)9(15)11(16)21-12(17)20-3/h7H,1-6H3. The number of hydrogen-bond acceptors (Lipinski definition) is 6. The van der Waals surface area contributed by atoms with Crippen LogP contribution in [-0.2, 0) is 19.7 Å². The fourth-order valence-corrected chi connectivity index (χ4v) is 7.82. The van der Waals surface area contributed by atoms with Crippen LogP contribution in [0.2, 0.25) is 19.6 Å². The van der Waals surface area contributed by atoms with Crippen LogP contribution < -0.4 is 5.19 Å². The third-order valence-corrected chi connectivity index (χ3v) is 7.96. The normalized spacial score (nSPS) is 12.3. The highest BCUT2D eigenvalue weighted by atomic mass is 127. The quantitative estimate of drug-likeness (QED) is 0.282. The summed E-state index contributed by atoms with van der Waals surface area (Å²) in [5.41, 5.74) is -0.160. The lowest BCUT2D eigenvalue weighted by molar-refractivity contribution is 0.0446. The van der Waals surface area contributed by atoms with Gasteiger partial charge >= 0.3 is 22.3 Å². The van der Waals surface area contributed by atoms with Crippen molar-refractivity contribution < 1.29 is 27.5 Å². The summed E-state index contributed by atoms with van der Waals surface area (Å²) >= 11 is 1.98. The fourth-order valence-electron chi connectivity index (χ4n) is 1.88. The second-order valence-electron chi connectivity index (χ2n) is 5.88. The SMILES string of the molecule is COC(=O)OC(=O)c1c([Si](C)(C)C)c(I)cn1S(=O)(=O)N(C)C. The molecule has 0 N–H and O–H groups in total. The predicted octanol–water partition coefficient (Wildman–Crippen LogP) is 1.22. The summed E-state index contributed by atoms with van der Waals surface area (Å²) in [6.45, 7) is 5.89. The van der Waals surface area contributed by atoms with E-state index in [-0.39, 0.29) is 5.69 Å². The Morgan fingerprint density at radius 2 is 1.78 bits per heavy atom. The molecule has 130 valence electrons. The Morgan fingerprint density at radius 3 is 2.17 bits per heavy atom. The molecular weight excluding hydrogens is 455 g/mol. The summed E-state index contributed by atoms with van der Waals surface area (Å²) in [4.78, 5) is 23.6. The Bertz CT molecular complexity index is 735. The number of methoxy groups -OCH3 is 1. The predicted molar refractivity (Wildman–Crippen MR) is 96.0 cm³/mol. The van der Waals surface area contributed by atoms with Crippen molar-refractivity contribution in [1.82, 2.24) is 8.28 Å². The Balaban J connectivity index is 3.69. The van der Waals surface area contributed by atoms with Crippen molar-refractivity contribution >= 4 is 58.2 Å². The molecule has 0 aliphatic rings. The van der Waals surface area contributed by atoms with Crippen molar-refractivity contribution in [3.63, 3.8) is 0 Å². The summed E-state index contributed by atoms with van der Waals surface area (Å²) in [5.74, 6) is -1.05. The van der Waals surface area contributed by atoms with Crippen molar-refractivity contribution in [3.05, 3.63) is 15.5 Å². The van der Waals surface area contributed by atoms with Gasteiger partial charge in [-0.3, -0.25) is 0 Å². The maximum atomic E-state index is 12.5. The van der Waals surface area contributed by atoms with E-state index in [0.717, 1.165) is 15.4 Å². The van der Waals surface area contributed by atoms with E-state index in [2.05, 4.69) is 9.47 Å². The van der Waals surface area contributed by atoms with Gasteiger partial charge in [-0.1, -0.05) is 19.6 Å². The summed E-state index contributed by atoms with van der Waals surface area (Å²) in [5, 5.41) is 0.609. The first-order valence-electron chi connectivity index (χ1n) is 6.48. The highest BCUT2D eigenvalue weighted by molar-refractivity contribution is 14.1. The average Bonchev–Trinajstić information content (AvgIpc) is 2.76. The van der Waals surface area contributed by atoms with Gasteiger partial charge in [-0.25, -0.2) is 13.6 Å². The molecule has 0 aromatic carbocycles. The molecule has 0 aliphatic heterocycles. The van der Waals surface area contributed by atoms with Crippen LogP contribution >= 0.6 is 22.6 Å². The molecule has 1 rings (SSSR count). The van der Waals surface area contributed by atoms with Gasteiger partial charge in [-0.15, -0.1) is 0 Å². The van der Waals surface area contributed by atoms with Crippen LogP contribution in [0.1, 0.15) is 10.5 Å². The van der Waals surface area contributed by atoms with Gasteiger partial charge in [0, 0.05) is 23.9 Å². The van der Waals surface area contributed by atoms with E-state index in [0.29, 0.717) is 8.76 Å². The molecule has 11 heteroatoms. The maximum absolute atomic E-state index is 12.5. The summed E-state index contributed by atoms with van der Waals surface area (Å²) in [6, 6.07) is 0. The van der Waals surface area contributed by atoms with Gasteiger partial charge in [0.2, 0.25) is 0 Å². The molecule has 1 heterocycles. The van der Waals surface area contributed by atoms with E-state index in [9.17, 15) is 18.0 Å². The van der Waals surface area contributed by atoms with Gasteiger partial charge in [0.05, 0.1) is 15.2 Å². The lowest BCUT2D eigenvalue weighted by atomic mass is 10.4. The molecule has 8 nitrogen and oxygen atoms in total. The van der Waals surface area contributed by atoms with Gasteiger partial charge in [0.1, 0.15) is 5.69 Å². The number of rotatable bonds is 4. The first-order valence-corrected chi connectivity index (χ1v) is 12.5. The first kappa shape index (κ1) is 20.1. The Hall–Kier alpha value is -0.923. The molecule has 23 heavy (non-hydrogen) atoms. The first-order chi connectivity index (χ1) is 10.3. The lowest BCUT2D eigenvalue weighted by Gasteiger charge is -2.19. The number of hydrogen-bond donors (Lipinski definition) is 0. The van der Waals surface area contributed by atoms with Gasteiger partial charge in [-0.2, -0.15) is 12.7 Å². The number of carbonyl (C=O) groups is 2. The molecule has 0 fully saturated rings. The average molecular weight is 474 g/mol. The zero-order chi connectivity index (χ0) is 18.2. The Morgan fingerprint density at radius 1 is 1.26 bits per heavy atom. The fraction of sp³-hybridized carbons (Fsp3) is 0.500. The van der Waals surface area contributed by atoms with Crippen LogP contribution in [0.25, 0.3) is 0 Å². The summed E-state index contributed by atoms with van der Waals surface area (Å²) < 4.78 is 36.3. The smallest absolute Gasteiger partial charge is 0.437 e. The molecule has 0 atom stereocenters. The molecule has 0 aliphatic carbocycles. The monoisotopic (exact) mass is 474 g/mol. The largest absolute Gasteiger partial charge is 0.516 e. The Kier molecular flexibility index (Phi) is 6.04. The molecule has 0 saturated heterocycles. The lowest BCUT2D eigenvalue weighted by Crippen LogP contribution is -2.44. The highest BCUT2D eigenvalue weighted by Gasteiger charge is 2.36. The minimum absolute atomic E-state index is 0.160. The Labute approximate surface area is 150 Å². The van der Waals surface area contributed by atoms with Crippen LogP contribution in [0.4, 0.5) is 4.79 Å². The highest BCUT2D eigenvalue weighted by Crippen LogP contribution is 2.19. The zero-order valence-corrected chi connectivity index (χ0v) is 17.7. The van der Waals surface area contributed by atoms with Crippen LogP contribution in [-0.4, -0.2) is 58.1 Å². The number of esters is 1. The molecule has 1 aromatic rings. The molecule has 1 aromatic heterocycles. The molecule has 0 bridgehead atoms. The van der Waals surface area contributed by atoms with Gasteiger partial charge in [0.15, 0.2) is 0 Å². The number of halogens is 1. The summed E-state index contributed by atoms with van der Waals surface area (Å²) in [6.07, 6.45) is 0.165. The van der Waals surface area contributed by atoms with E-state index >= 15 is 0 Å². The van der Waals surface area contributed by atoms with Crippen molar-refractivity contribution in [3.8, 4) is 0 Å². The van der Waals surface area contributed by atoms with Crippen LogP contribution in [0.15, 0.2) is 6.20 Å². The van der Waals surface area contributed by atoms with E-state index in [1.807, 2.05) is 42.2 Å². The molecule has 0 amide bonds. The molecular formula is C12H19IN2O6SSi. The second kappa shape index (κ2) is 6.90. The minimum atomic E-state index is -3.94. The van der Waals surface area contributed by atoms with Crippen molar-refractivity contribution in [2.24, 2.45) is 0 Å². The topological polar surface area (TPSA) is 94.9 Å². The molecule has 0 unspecified atom stereocenters. The van der Waals surface area contributed by atoms with Crippen molar-refractivity contribution in [2.45, 2.75) is 19.6 Å². The van der Waals surface area contributed by atoms with Crippen molar-refractivity contribution in [2.75, 3.05) is 21.2 Å². The van der Waals surface area contributed by atoms with Gasteiger partial charge in [-0.05, 0) is 27.8 Å². The zero-order valence-electron chi connectivity index (χ0n) is 13.7. The maximum Gasteiger partial charge on any atom is 0.516 e. The van der Waals surface area contributed by atoms with E-state index < -0.39 is 30.4 Å². The number of carbonyl (C=O) groups excluding carboxylic acids is 2. The molecule has 0 spiro atoms. The number of nitrogens with zero attached hydrogens (tertiary/aromatic N) is 2. The van der Waals surface area contributed by atoms with E-state index in [4.69, 9.17) is 0 Å². The minimum Gasteiger partial charge on any atom is -0.437 e. The van der Waals surface area contributed by atoms with Crippen LogP contribution in [0.5, 0.6) is 0 Å². The van der Waals surface area contributed by atoms with Gasteiger partial charge < -0.3 is 9.47 Å². The van der Waals surface area contributed by atoms with E-state index in [1.54, 1.807) is 0 Å². The number of aromatic nitrogens is 1.